The van der Waals surface area contributed by atoms with Crippen LogP contribution in [0.2, 0.25) is 0 Å². The molecule has 2 unspecified atom stereocenters. The van der Waals surface area contributed by atoms with Gasteiger partial charge in [0.15, 0.2) is 0 Å². The van der Waals surface area contributed by atoms with E-state index < -0.39 is 0 Å². The van der Waals surface area contributed by atoms with Crippen LogP contribution in [0, 0.1) is 0 Å². The van der Waals surface area contributed by atoms with E-state index in [1.54, 1.807) is 0 Å². The zero-order chi connectivity index (χ0) is 24.5. The molecule has 2 aliphatic rings. The van der Waals surface area contributed by atoms with E-state index in [4.69, 9.17) is 0 Å². The average molecular weight is 457 g/mol. The molecule has 4 aromatic carbocycles. The minimum absolute atomic E-state index is 0.141. The summed E-state index contributed by atoms with van der Waals surface area (Å²) >= 11 is 0. The Hall–Kier alpha value is -3.12. The molecule has 0 heteroatoms. The highest BCUT2D eigenvalue weighted by Crippen LogP contribution is 2.54. The van der Waals surface area contributed by atoms with Crippen LogP contribution in [-0.2, 0) is 10.8 Å². The molecule has 0 saturated carbocycles. The Morgan fingerprint density at radius 1 is 0.457 bits per heavy atom. The molecule has 0 aliphatic heterocycles. The molecule has 2 atom stereocenters. The molecule has 0 fully saturated rings. The maximum atomic E-state index is 2.51. The van der Waals surface area contributed by atoms with Gasteiger partial charge in [0.2, 0.25) is 0 Å². The number of fused-ring (bicyclic) bond motifs is 6. The topological polar surface area (TPSA) is 0 Å². The van der Waals surface area contributed by atoms with Crippen LogP contribution in [0.3, 0.4) is 0 Å². The molecular formula is C35H36. The van der Waals surface area contributed by atoms with Crippen molar-refractivity contribution >= 4 is 0 Å². The summed E-state index contributed by atoms with van der Waals surface area (Å²) in [6, 6.07) is 32.6. The van der Waals surface area contributed by atoms with Crippen molar-refractivity contribution in [3.63, 3.8) is 0 Å². The molecule has 0 N–H and O–H groups in total. The van der Waals surface area contributed by atoms with E-state index >= 15 is 0 Å². The second kappa shape index (κ2) is 7.69. The van der Waals surface area contributed by atoms with Crippen molar-refractivity contribution in [2.24, 2.45) is 0 Å². The van der Waals surface area contributed by atoms with Gasteiger partial charge in [0.25, 0.3) is 0 Å². The van der Waals surface area contributed by atoms with Crippen LogP contribution in [0.5, 0.6) is 0 Å². The molecule has 35 heavy (non-hydrogen) atoms. The Bertz CT molecular complexity index is 1330. The van der Waals surface area contributed by atoms with E-state index in [9.17, 15) is 0 Å². The third-order valence-electron chi connectivity index (χ3n) is 8.31. The summed E-state index contributed by atoms with van der Waals surface area (Å²) in [6.07, 6.45) is 1.11. The first-order valence-corrected chi connectivity index (χ1v) is 13.1. The van der Waals surface area contributed by atoms with Gasteiger partial charge < -0.3 is 0 Å². The van der Waals surface area contributed by atoms with E-state index in [0.717, 1.165) is 6.42 Å². The third kappa shape index (κ3) is 3.57. The van der Waals surface area contributed by atoms with Crippen molar-refractivity contribution in [3.05, 3.63) is 118 Å². The minimum Gasteiger partial charge on any atom is -0.0619 e. The largest absolute Gasteiger partial charge is 0.0619 e. The first-order chi connectivity index (χ1) is 16.6. The maximum Gasteiger partial charge on any atom is 0.0111 e. The third-order valence-corrected chi connectivity index (χ3v) is 8.31. The Kier molecular flexibility index (Phi) is 4.91. The van der Waals surface area contributed by atoms with Gasteiger partial charge in [-0.1, -0.05) is 126 Å². The fraction of sp³-hybridized carbons (Fsp3) is 0.314. The molecule has 0 radical (unpaired) electrons. The van der Waals surface area contributed by atoms with E-state index in [1.165, 1.54) is 55.6 Å². The summed E-state index contributed by atoms with van der Waals surface area (Å²) in [5.74, 6) is 0.816. The number of benzene rings is 4. The van der Waals surface area contributed by atoms with Gasteiger partial charge >= 0.3 is 0 Å². The van der Waals surface area contributed by atoms with Gasteiger partial charge in [-0.25, -0.2) is 0 Å². The van der Waals surface area contributed by atoms with Gasteiger partial charge in [-0.05, 0) is 72.9 Å². The normalized spacial score (nSPS) is 18.1. The summed E-state index contributed by atoms with van der Waals surface area (Å²) in [6.45, 7) is 13.9. The molecule has 0 bridgehead atoms. The summed E-state index contributed by atoms with van der Waals surface area (Å²) in [5.41, 5.74) is 14.8. The van der Waals surface area contributed by atoms with Gasteiger partial charge in [0.1, 0.15) is 0 Å². The van der Waals surface area contributed by atoms with Crippen molar-refractivity contribution < 1.29 is 0 Å². The summed E-state index contributed by atoms with van der Waals surface area (Å²) in [4.78, 5) is 0. The molecule has 0 spiro atoms. The second-order valence-corrected chi connectivity index (χ2v) is 12.6. The van der Waals surface area contributed by atoms with Crippen molar-refractivity contribution in [1.29, 1.82) is 0 Å². The first-order valence-electron chi connectivity index (χ1n) is 13.1. The lowest BCUT2D eigenvalue weighted by Gasteiger charge is -2.25. The monoisotopic (exact) mass is 456 g/mol. The van der Waals surface area contributed by atoms with Gasteiger partial charge in [0.05, 0.1) is 0 Å². The van der Waals surface area contributed by atoms with Crippen LogP contribution in [0.25, 0.3) is 22.3 Å². The number of rotatable bonds is 2. The number of hydrogen-bond acceptors (Lipinski definition) is 0. The zero-order valence-corrected chi connectivity index (χ0v) is 21.9. The van der Waals surface area contributed by atoms with Gasteiger partial charge in [-0.15, -0.1) is 0 Å². The molecule has 0 nitrogen and oxygen atoms in total. The Labute approximate surface area is 211 Å². The molecule has 0 amide bonds. The van der Waals surface area contributed by atoms with Gasteiger partial charge in [0, 0.05) is 11.8 Å². The smallest absolute Gasteiger partial charge is 0.0111 e. The van der Waals surface area contributed by atoms with Crippen molar-refractivity contribution in [2.45, 2.75) is 70.6 Å². The quantitative estimate of drug-likeness (QED) is 0.282. The standard InChI is InChI=1S/C35H36/c1-34(2,3)22-15-17-28-24-11-7-9-13-26(24)32(30(28)19-22)21-33-27-14-10-8-12-25(27)29-18-16-23(20-31(29)33)35(4,5)6/h7-20,32-33H,21H2,1-6H3. The second-order valence-electron chi connectivity index (χ2n) is 12.6. The van der Waals surface area contributed by atoms with E-state index in [1.807, 2.05) is 0 Å². The van der Waals surface area contributed by atoms with Crippen LogP contribution >= 0.6 is 0 Å². The molecular weight excluding hydrogens is 420 g/mol. The lowest BCUT2D eigenvalue weighted by atomic mass is 9.79. The Morgan fingerprint density at radius 2 is 0.829 bits per heavy atom. The lowest BCUT2D eigenvalue weighted by Crippen LogP contribution is -2.13. The fourth-order valence-electron chi connectivity index (χ4n) is 6.30. The van der Waals surface area contributed by atoms with Crippen LogP contribution in [0.1, 0.15) is 93.2 Å². The SMILES string of the molecule is CC(C)(C)c1ccc2c(c1)C(CC1c3ccccc3-c3ccc(C(C)(C)C)cc31)c1ccccc1-2. The zero-order valence-electron chi connectivity index (χ0n) is 21.9. The fourth-order valence-corrected chi connectivity index (χ4v) is 6.30. The Morgan fingerprint density at radius 3 is 1.23 bits per heavy atom. The summed E-state index contributed by atoms with van der Waals surface area (Å²) < 4.78 is 0. The predicted octanol–water partition coefficient (Wildman–Crippen LogP) is 9.60. The first kappa shape index (κ1) is 22.4. The van der Waals surface area contributed by atoms with E-state index in [-0.39, 0.29) is 10.8 Å². The molecule has 0 heterocycles. The summed E-state index contributed by atoms with van der Waals surface area (Å²) in [7, 11) is 0. The molecule has 6 rings (SSSR count). The van der Waals surface area contributed by atoms with Crippen molar-refractivity contribution in [1.82, 2.24) is 0 Å². The highest BCUT2D eigenvalue weighted by atomic mass is 14.4. The van der Waals surface area contributed by atoms with E-state index in [0.29, 0.717) is 11.8 Å². The molecule has 2 aliphatic carbocycles. The lowest BCUT2D eigenvalue weighted by molar-refractivity contribution is 0.585. The van der Waals surface area contributed by atoms with E-state index in [2.05, 4.69) is 126 Å². The highest BCUT2D eigenvalue weighted by Gasteiger charge is 2.36. The molecule has 4 aromatic rings. The maximum absolute atomic E-state index is 2.51. The highest BCUT2D eigenvalue weighted by molar-refractivity contribution is 5.82. The predicted molar refractivity (Wildman–Crippen MR) is 149 cm³/mol. The van der Waals surface area contributed by atoms with Gasteiger partial charge in [-0.2, -0.15) is 0 Å². The minimum atomic E-state index is 0.141. The van der Waals surface area contributed by atoms with Crippen molar-refractivity contribution in [2.75, 3.05) is 0 Å². The van der Waals surface area contributed by atoms with Crippen LogP contribution in [-0.4, -0.2) is 0 Å². The van der Waals surface area contributed by atoms with Crippen LogP contribution < -0.4 is 0 Å². The summed E-state index contributed by atoms with van der Waals surface area (Å²) in [5, 5.41) is 0. The van der Waals surface area contributed by atoms with Crippen LogP contribution in [0.15, 0.2) is 84.9 Å². The number of hydrogen-bond donors (Lipinski definition) is 0. The average Bonchev–Trinajstić information content (AvgIpc) is 3.31. The van der Waals surface area contributed by atoms with Crippen LogP contribution in [0.4, 0.5) is 0 Å². The Balaban J connectivity index is 1.51. The molecule has 0 saturated heterocycles. The molecule has 176 valence electrons. The molecule has 0 aromatic heterocycles. The van der Waals surface area contributed by atoms with Gasteiger partial charge in [-0.3, -0.25) is 0 Å². The van der Waals surface area contributed by atoms with Crippen molar-refractivity contribution in [3.8, 4) is 22.3 Å².